The van der Waals surface area contributed by atoms with Crippen LogP contribution in [0.5, 0.6) is 0 Å². The summed E-state index contributed by atoms with van der Waals surface area (Å²) in [5.74, 6) is 0. The molecule has 96 valence electrons. The molecule has 1 N–H and O–H groups in total. The Morgan fingerprint density at radius 1 is 1.12 bits per heavy atom. The van der Waals surface area contributed by atoms with Gasteiger partial charge in [0.2, 0.25) is 0 Å². The van der Waals surface area contributed by atoms with E-state index < -0.39 is 0 Å². The highest BCUT2D eigenvalue weighted by Crippen LogP contribution is 2.15. The van der Waals surface area contributed by atoms with Gasteiger partial charge >= 0.3 is 0 Å². The number of hydrogen-bond donors (Lipinski definition) is 1. The van der Waals surface area contributed by atoms with Gasteiger partial charge in [-0.1, -0.05) is 13.3 Å². The minimum Gasteiger partial charge on any atom is -0.315 e. The van der Waals surface area contributed by atoms with Gasteiger partial charge in [0.15, 0.2) is 0 Å². The van der Waals surface area contributed by atoms with Crippen LogP contribution < -0.4 is 5.32 Å². The van der Waals surface area contributed by atoms with Crippen LogP contribution in [0.3, 0.4) is 0 Å². The van der Waals surface area contributed by atoms with Gasteiger partial charge in [0.25, 0.3) is 0 Å². The molecule has 0 aromatic carbocycles. The van der Waals surface area contributed by atoms with Gasteiger partial charge in [-0.05, 0) is 33.9 Å². The third kappa shape index (κ3) is 4.40. The minimum atomic E-state index is 0.301. The molecule has 0 saturated carbocycles. The van der Waals surface area contributed by atoms with Crippen molar-refractivity contribution in [1.82, 2.24) is 15.1 Å². The van der Waals surface area contributed by atoms with Gasteiger partial charge in [-0.15, -0.1) is 0 Å². The zero-order valence-electron chi connectivity index (χ0n) is 11.6. The van der Waals surface area contributed by atoms with Crippen LogP contribution in [-0.4, -0.2) is 61.7 Å². The standard InChI is InChI=1S/C13H29N3/c1-5-6-7-14-12-13(2,3)16-10-8-15(4)9-11-16/h14H,5-12H2,1-4H3. The summed E-state index contributed by atoms with van der Waals surface area (Å²) >= 11 is 0. The number of rotatable bonds is 6. The fraction of sp³-hybridized carbons (Fsp3) is 1.00. The van der Waals surface area contributed by atoms with Gasteiger partial charge in [-0.25, -0.2) is 0 Å². The van der Waals surface area contributed by atoms with E-state index in [0.717, 1.165) is 13.1 Å². The molecule has 0 amide bonds. The van der Waals surface area contributed by atoms with Crippen molar-refractivity contribution in [3.8, 4) is 0 Å². The fourth-order valence-electron chi connectivity index (χ4n) is 2.22. The first-order valence-electron chi connectivity index (χ1n) is 6.70. The summed E-state index contributed by atoms with van der Waals surface area (Å²) in [5, 5.41) is 3.58. The predicted molar refractivity (Wildman–Crippen MR) is 70.9 cm³/mol. The number of unbranched alkanes of at least 4 members (excludes halogenated alkanes) is 1. The summed E-state index contributed by atoms with van der Waals surface area (Å²) in [6.45, 7) is 14.1. The topological polar surface area (TPSA) is 18.5 Å². The Bertz CT molecular complexity index is 184. The smallest absolute Gasteiger partial charge is 0.0278 e. The Morgan fingerprint density at radius 2 is 1.75 bits per heavy atom. The first-order chi connectivity index (χ1) is 7.56. The minimum absolute atomic E-state index is 0.301. The molecule has 1 aliphatic heterocycles. The van der Waals surface area contributed by atoms with Gasteiger partial charge < -0.3 is 10.2 Å². The lowest BCUT2D eigenvalue weighted by atomic mass is 10.0. The lowest BCUT2D eigenvalue weighted by Crippen LogP contribution is -2.57. The van der Waals surface area contributed by atoms with Crippen LogP contribution in [-0.2, 0) is 0 Å². The van der Waals surface area contributed by atoms with Crippen molar-refractivity contribution in [3.05, 3.63) is 0 Å². The van der Waals surface area contributed by atoms with Crippen LogP contribution >= 0.6 is 0 Å². The molecule has 3 nitrogen and oxygen atoms in total. The van der Waals surface area contributed by atoms with Crippen molar-refractivity contribution in [1.29, 1.82) is 0 Å². The second kappa shape index (κ2) is 6.58. The van der Waals surface area contributed by atoms with Crippen LogP contribution in [0, 0.1) is 0 Å². The Hall–Kier alpha value is -0.120. The Morgan fingerprint density at radius 3 is 2.31 bits per heavy atom. The molecule has 1 fully saturated rings. The van der Waals surface area contributed by atoms with E-state index in [9.17, 15) is 0 Å². The molecule has 1 saturated heterocycles. The van der Waals surface area contributed by atoms with Crippen molar-refractivity contribution in [2.75, 3.05) is 46.3 Å². The molecule has 0 atom stereocenters. The van der Waals surface area contributed by atoms with Gasteiger partial charge in [-0.3, -0.25) is 4.90 Å². The first kappa shape index (κ1) is 13.9. The molecule has 0 unspecified atom stereocenters. The maximum absolute atomic E-state index is 3.58. The second-order valence-electron chi connectivity index (χ2n) is 5.63. The molecule has 0 radical (unpaired) electrons. The highest BCUT2D eigenvalue weighted by molar-refractivity contribution is 4.86. The second-order valence-corrected chi connectivity index (χ2v) is 5.63. The summed E-state index contributed by atoms with van der Waals surface area (Å²) < 4.78 is 0. The van der Waals surface area contributed by atoms with Crippen molar-refractivity contribution >= 4 is 0 Å². The average molecular weight is 227 g/mol. The lowest BCUT2D eigenvalue weighted by molar-refractivity contribution is 0.0620. The van der Waals surface area contributed by atoms with E-state index in [1.165, 1.54) is 39.0 Å². The fourth-order valence-corrected chi connectivity index (χ4v) is 2.22. The van der Waals surface area contributed by atoms with Gasteiger partial charge in [0.1, 0.15) is 0 Å². The Balaban J connectivity index is 2.26. The van der Waals surface area contributed by atoms with Crippen LogP contribution in [0.2, 0.25) is 0 Å². The Labute approximate surface area is 101 Å². The van der Waals surface area contributed by atoms with E-state index in [1.54, 1.807) is 0 Å². The molecule has 1 aliphatic rings. The zero-order chi connectivity index (χ0) is 12.0. The number of nitrogens with one attached hydrogen (secondary N) is 1. The summed E-state index contributed by atoms with van der Waals surface area (Å²) in [5.41, 5.74) is 0.301. The predicted octanol–water partition coefficient (Wildman–Crippen LogP) is 1.40. The van der Waals surface area contributed by atoms with E-state index in [-0.39, 0.29) is 0 Å². The first-order valence-corrected chi connectivity index (χ1v) is 6.70. The van der Waals surface area contributed by atoms with E-state index >= 15 is 0 Å². The molecule has 0 aliphatic carbocycles. The van der Waals surface area contributed by atoms with Gasteiger partial charge in [0.05, 0.1) is 0 Å². The SMILES string of the molecule is CCCCNCC(C)(C)N1CCN(C)CC1. The van der Waals surface area contributed by atoms with Crippen LogP contribution in [0.15, 0.2) is 0 Å². The molecular formula is C13H29N3. The molecule has 0 aromatic rings. The number of nitrogens with zero attached hydrogens (tertiary/aromatic N) is 2. The van der Waals surface area contributed by atoms with E-state index in [4.69, 9.17) is 0 Å². The third-order valence-electron chi connectivity index (χ3n) is 3.62. The summed E-state index contributed by atoms with van der Waals surface area (Å²) in [6, 6.07) is 0. The van der Waals surface area contributed by atoms with E-state index in [2.05, 4.69) is 42.9 Å². The molecule has 1 heterocycles. The largest absolute Gasteiger partial charge is 0.315 e. The summed E-state index contributed by atoms with van der Waals surface area (Å²) in [7, 11) is 2.21. The van der Waals surface area contributed by atoms with Crippen molar-refractivity contribution in [3.63, 3.8) is 0 Å². The number of likely N-dealkylation sites (N-methyl/N-ethyl adjacent to an activating group) is 1. The normalized spacial score (nSPS) is 20.2. The monoisotopic (exact) mass is 227 g/mol. The lowest BCUT2D eigenvalue weighted by Gasteiger charge is -2.43. The third-order valence-corrected chi connectivity index (χ3v) is 3.62. The van der Waals surface area contributed by atoms with Gasteiger partial charge in [0, 0.05) is 38.3 Å². The molecule has 0 aromatic heterocycles. The van der Waals surface area contributed by atoms with Gasteiger partial charge in [-0.2, -0.15) is 0 Å². The summed E-state index contributed by atoms with van der Waals surface area (Å²) in [4.78, 5) is 5.03. The van der Waals surface area contributed by atoms with Crippen molar-refractivity contribution in [2.24, 2.45) is 0 Å². The quantitative estimate of drug-likeness (QED) is 0.692. The van der Waals surface area contributed by atoms with Crippen molar-refractivity contribution in [2.45, 2.75) is 39.2 Å². The highest BCUT2D eigenvalue weighted by Gasteiger charge is 2.28. The van der Waals surface area contributed by atoms with E-state index in [1.807, 2.05) is 0 Å². The molecule has 0 bridgehead atoms. The van der Waals surface area contributed by atoms with Crippen LogP contribution in [0.25, 0.3) is 0 Å². The van der Waals surface area contributed by atoms with Crippen molar-refractivity contribution < 1.29 is 0 Å². The Kier molecular flexibility index (Phi) is 5.73. The number of hydrogen-bond acceptors (Lipinski definition) is 3. The molecule has 1 rings (SSSR count). The molecule has 0 spiro atoms. The van der Waals surface area contributed by atoms with Crippen LogP contribution in [0.1, 0.15) is 33.6 Å². The number of piperazine rings is 1. The van der Waals surface area contributed by atoms with Crippen LogP contribution in [0.4, 0.5) is 0 Å². The highest BCUT2D eigenvalue weighted by atomic mass is 15.3. The molecular weight excluding hydrogens is 198 g/mol. The maximum Gasteiger partial charge on any atom is 0.0278 e. The zero-order valence-corrected chi connectivity index (χ0v) is 11.6. The summed E-state index contributed by atoms with van der Waals surface area (Å²) in [6.07, 6.45) is 2.57. The molecule has 16 heavy (non-hydrogen) atoms. The van der Waals surface area contributed by atoms with E-state index in [0.29, 0.717) is 5.54 Å². The average Bonchev–Trinajstić information content (AvgIpc) is 2.25. The molecule has 3 heteroatoms. The maximum atomic E-state index is 3.58.